The van der Waals surface area contributed by atoms with Crippen molar-refractivity contribution in [1.29, 1.82) is 0 Å². The van der Waals surface area contributed by atoms with Crippen molar-refractivity contribution in [1.82, 2.24) is 0 Å². The second-order valence-corrected chi connectivity index (χ2v) is 9.69. The van der Waals surface area contributed by atoms with Gasteiger partial charge in [-0.05, 0) is 66.2 Å². The Morgan fingerprint density at radius 3 is 2.24 bits per heavy atom. The molecule has 0 spiro atoms. The molecule has 0 aliphatic rings. The quantitative estimate of drug-likeness (QED) is 0.200. The molecule has 3 N–H and O–H groups in total. The highest BCUT2D eigenvalue weighted by atomic mass is 35.5. The number of halogens is 1. The number of carboxylic acids is 1. The molecule has 0 aliphatic heterocycles. The number of carboxylic acid groups (broad SMARTS) is 1. The van der Waals surface area contributed by atoms with Gasteiger partial charge in [0.15, 0.2) is 0 Å². The Hall–Kier alpha value is -4.27. The number of benzene rings is 4. The van der Waals surface area contributed by atoms with Crippen LogP contribution in [0.5, 0.6) is 5.75 Å². The first-order chi connectivity index (χ1) is 18.3. The normalized spacial score (nSPS) is 11.3. The number of thioether (sulfide) groups is 1. The van der Waals surface area contributed by atoms with Gasteiger partial charge < -0.3 is 20.5 Å². The summed E-state index contributed by atoms with van der Waals surface area (Å²) in [5.74, 6) is -1.18. The van der Waals surface area contributed by atoms with Gasteiger partial charge in [-0.25, -0.2) is 4.79 Å². The van der Waals surface area contributed by atoms with E-state index in [-0.39, 0.29) is 22.4 Å². The Bertz CT molecular complexity index is 1460. The second-order valence-electron chi connectivity index (χ2n) is 8.11. The molecule has 0 radical (unpaired) electrons. The van der Waals surface area contributed by atoms with E-state index < -0.39 is 11.2 Å². The molecule has 1 atom stereocenters. The van der Waals surface area contributed by atoms with Crippen molar-refractivity contribution in [3.63, 3.8) is 0 Å². The molecule has 0 aromatic heterocycles. The molecule has 2 amide bonds. The van der Waals surface area contributed by atoms with Crippen LogP contribution in [0, 0.1) is 0 Å². The summed E-state index contributed by atoms with van der Waals surface area (Å²) < 4.78 is 5.18. The zero-order valence-corrected chi connectivity index (χ0v) is 21.8. The predicted octanol–water partition coefficient (Wildman–Crippen LogP) is 6.77. The third kappa shape index (κ3) is 6.73. The van der Waals surface area contributed by atoms with Gasteiger partial charge in [0.2, 0.25) is 5.91 Å². The lowest BCUT2D eigenvalue weighted by Gasteiger charge is -2.18. The summed E-state index contributed by atoms with van der Waals surface area (Å²) in [7, 11) is 1.54. The van der Waals surface area contributed by atoms with Crippen LogP contribution < -0.4 is 15.4 Å². The number of nitrogens with one attached hydrogen (secondary N) is 2. The van der Waals surface area contributed by atoms with E-state index in [1.165, 1.54) is 23.9 Å². The Kier molecular flexibility index (Phi) is 8.68. The highest BCUT2D eigenvalue weighted by Gasteiger charge is 2.23. The molecule has 4 aromatic carbocycles. The standard InChI is InChI=1S/C29H23ClN2O5S/c1-37-22-9-5-8-19(16-22)27(33)31-20-10-13-23(14-11-20)38-26(18-6-3-2-4-7-18)28(34)32-21-12-15-25(30)24(17-21)29(35)36/h2-17,26H,1H3,(H,31,33)(H,32,34)(H,35,36). The summed E-state index contributed by atoms with van der Waals surface area (Å²) in [6.45, 7) is 0. The topological polar surface area (TPSA) is 105 Å². The van der Waals surface area contributed by atoms with Crippen LogP contribution in [-0.4, -0.2) is 30.0 Å². The predicted molar refractivity (Wildman–Crippen MR) is 149 cm³/mol. The van der Waals surface area contributed by atoms with Gasteiger partial charge in [-0.15, -0.1) is 11.8 Å². The van der Waals surface area contributed by atoms with Gasteiger partial charge >= 0.3 is 5.97 Å². The number of aromatic carboxylic acids is 1. The van der Waals surface area contributed by atoms with E-state index in [9.17, 15) is 19.5 Å². The average Bonchev–Trinajstić information content (AvgIpc) is 2.94. The first kappa shape index (κ1) is 26.8. The third-order valence-corrected chi connectivity index (χ3v) is 7.10. The highest BCUT2D eigenvalue weighted by molar-refractivity contribution is 8.00. The number of hydrogen-bond donors (Lipinski definition) is 3. The molecule has 4 aromatic rings. The number of ether oxygens (including phenoxy) is 1. The first-order valence-electron chi connectivity index (χ1n) is 11.4. The molecule has 0 bridgehead atoms. The van der Waals surface area contributed by atoms with E-state index in [4.69, 9.17) is 16.3 Å². The number of hydrogen-bond acceptors (Lipinski definition) is 5. The van der Waals surface area contributed by atoms with Crippen LogP contribution >= 0.6 is 23.4 Å². The van der Waals surface area contributed by atoms with Crippen LogP contribution in [-0.2, 0) is 4.79 Å². The molecule has 0 saturated heterocycles. The molecule has 9 heteroatoms. The maximum Gasteiger partial charge on any atom is 0.337 e. The molecule has 4 rings (SSSR count). The van der Waals surface area contributed by atoms with Crippen molar-refractivity contribution in [2.24, 2.45) is 0 Å². The Labute approximate surface area is 228 Å². The fourth-order valence-corrected chi connectivity index (χ4v) is 4.82. The molecular weight excluding hydrogens is 524 g/mol. The summed E-state index contributed by atoms with van der Waals surface area (Å²) in [5.41, 5.74) is 2.08. The van der Waals surface area contributed by atoms with E-state index >= 15 is 0 Å². The second kappa shape index (κ2) is 12.3. The average molecular weight is 547 g/mol. The first-order valence-corrected chi connectivity index (χ1v) is 12.7. The lowest BCUT2D eigenvalue weighted by molar-refractivity contribution is -0.115. The molecule has 0 heterocycles. The smallest absolute Gasteiger partial charge is 0.337 e. The van der Waals surface area contributed by atoms with E-state index in [1.807, 2.05) is 42.5 Å². The molecule has 1 unspecified atom stereocenters. The summed E-state index contributed by atoms with van der Waals surface area (Å²) in [6, 6.07) is 27.6. The van der Waals surface area contributed by atoms with Gasteiger partial charge in [0.05, 0.1) is 17.7 Å². The number of carbonyl (C=O) groups excluding carboxylic acids is 2. The number of anilines is 2. The van der Waals surface area contributed by atoms with Gasteiger partial charge in [0.1, 0.15) is 11.0 Å². The molecule has 38 heavy (non-hydrogen) atoms. The monoisotopic (exact) mass is 546 g/mol. The Balaban J connectivity index is 1.50. The maximum atomic E-state index is 13.3. The van der Waals surface area contributed by atoms with Crippen LogP contribution in [0.25, 0.3) is 0 Å². The summed E-state index contributed by atoms with van der Waals surface area (Å²) in [6.07, 6.45) is 0. The minimum Gasteiger partial charge on any atom is -0.497 e. The SMILES string of the molecule is COc1cccc(C(=O)Nc2ccc(SC(C(=O)Nc3ccc(Cl)c(C(=O)O)c3)c3ccccc3)cc2)c1. The van der Waals surface area contributed by atoms with E-state index in [0.29, 0.717) is 22.7 Å². The summed E-state index contributed by atoms with van der Waals surface area (Å²) >= 11 is 7.28. The van der Waals surface area contributed by atoms with Crippen LogP contribution in [0.4, 0.5) is 11.4 Å². The number of amides is 2. The zero-order valence-electron chi connectivity index (χ0n) is 20.2. The van der Waals surface area contributed by atoms with Crippen LogP contribution in [0.15, 0.2) is 102 Å². The minimum absolute atomic E-state index is 0.0862. The van der Waals surface area contributed by atoms with Crippen molar-refractivity contribution < 1.29 is 24.2 Å². The van der Waals surface area contributed by atoms with Crippen LogP contribution in [0.1, 0.15) is 31.5 Å². The van der Waals surface area contributed by atoms with Gasteiger partial charge in [0.25, 0.3) is 5.91 Å². The number of rotatable bonds is 9. The van der Waals surface area contributed by atoms with Crippen molar-refractivity contribution in [3.8, 4) is 5.75 Å². The fourth-order valence-electron chi connectivity index (χ4n) is 3.60. The maximum absolute atomic E-state index is 13.3. The largest absolute Gasteiger partial charge is 0.497 e. The van der Waals surface area contributed by atoms with Crippen molar-refractivity contribution in [3.05, 3.63) is 119 Å². The number of carbonyl (C=O) groups is 3. The molecule has 0 saturated carbocycles. The van der Waals surface area contributed by atoms with E-state index in [1.54, 1.807) is 49.6 Å². The van der Waals surface area contributed by atoms with Crippen molar-refractivity contribution >= 4 is 52.5 Å². The Morgan fingerprint density at radius 1 is 0.842 bits per heavy atom. The van der Waals surface area contributed by atoms with Crippen LogP contribution in [0.3, 0.4) is 0 Å². The highest BCUT2D eigenvalue weighted by Crippen LogP contribution is 2.37. The van der Waals surface area contributed by atoms with Gasteiger partial charge in [-0.3, -0.25) is 9.59 Å². The molecule has 192 valence electrons. The molecule has 0 fully saturated rings. The van der Waals surface area contributed by atoms with Gasteiger partial charge in [0, 0.05) is 21.8 Å². The van der Waals surface area contributed by atoms with E-state index in [0.717, 1.165) is 10.5 Å². The molecule has 7 nitrogen and oxygen atoms in total. The fraction of sp³-hybridized carbons (Fsp3) is 0.0690. The lowest BCUT2D eigenvalue weighted by atomic mass is 10.1. The van der Waals surface area contributed by atoms with Gasteiger partial charge in [-0.1, -0.05) is 48.0 Å². The molecule has 0 aliphatic carbocycles. The Morgan fingerprint density at radius 2 is 1.55 bits per heavy atom. The molecular formula is C29H23ClN2O5S. The summed E-state index contributed by atoms with van der Waals surface area (Å²) in [4.78, 5) is 38.2. The zero-order chi connectivity index (χ0) is 27.1. The van der Waals surface area contributed by atoms with Crippen molar-refractivity contribution in [2.45, 2.75) is 10.1 Å². The van der Waals surface area contributed by atoms with E-state index in [2.05, 4.69) is 10.6 Å². The van der Waals surface area contributed by atoms with Crippen LogP contribution in [0.2, 0.25) is 5.02 Å². The van der Waals surface area contributed by atoms with Gasteiger partial charge in [-0.2, -0.15) is 0 Å². The minimum atomic E-state index is -1.18. The number of methoxy groups -OCH3 is 1. The lowest BCUT2D eigenvalue weighted by Crippen LogP contribution is -2.19. The summed E-state index contributed by atoms with van der Waals surface area (Å²) in [5, 5.41) is 14.5. The third-order valence-electron chi connectivity index (χ3n) is 5.50. The van der Waals surface area contributed by atoms with Crippen molar-refractivity contribution in [2.75, 3.05) is 17.7 Å².